The van der Waals surface area contributed by atoms with Gasteiger partial charge in [0.25, 0.3) is 0 Å². The molecule has 7 nitrogen and oxygen atoms in total. The zero-order chi connectivity index (χ0) is 26.1. The summed E-state index contributed by atoms with van der Waals surface area (Å²) >= 11 is 0. The van der Waals surface area contributed by atoms with Crippen LogP contribution in [-0.4, -0.2) is 25.6 Å². The second-order valence-corrected chi connectivity index (χ2v) is 9.77. The number of rotatable bonds is 9. The zero-order valence-corrected chi connectivity index (χ0v) is 21.5. The number of hydrogen-bond acceptors (Lipinski definition) is 4. The van der Waals surface area contributed by atoms with E-state index in [1.54, 1.807) is 31.4 Å². The third-order valence-corrected chi connectivity index (χ3v) is 6.91. The average molecular weight is 489 g/mol. The van der Waals surface area contributed by atoms with Crippen molar-refractivity contribution in [2.75, 3.05) is 19.0 Å². The molecule has 190 valence electrons. The highest BCUT2D eigenvalue weighted by molar-refractivity contribution is 5.89. The molecule has 0 radical (unpaired) electrons. The maximum Gasteiger partial charge on any atom is 0.319 e. The molecule has 3 amide bonds. The Labute approximate surface area is 213 Å². The molecule has 1 aliphatic carbocycles. The van der Waals surface area contributed by atoms with Crippen LogP contribution in [0.4, 0.5) is 10.5 Å². The van der Waals surface area contributed by atoms with Gasteiger partial charge in [0.15, 0.2) is 0 Å². The molecule has 3 atom stereocenters. The van der Waals surface area contributed by atoms with Crippen molar-refractivity contribution < 1.29 is 14.3 Å². The lowest BCUT2D eigenvalue weighted by Crippen LogP contribution is -2.39. The predicted octanol–water partition coefficient (Wildman–Crippen LogP) is 5.25. The van der Waals surface area contributed by atoms with E-state index in [1.807, 2.05) is 24.3 Å². The molecule has 0 saturated heterocycles. The quantitative estimate of drug-likeness (QED) is 0.420. The first-order valence-electron chi connectivity index (χ1n) is 12.4. The third kappa shape index (κ3) is 7.61. The van der Waals surface area contributed by atoms with E-state index < -0.39 is 0 Å². The number of ether oxygens (including phenoxy) is 1. The number of benzene rings is 2. The maximum absolute atomic E-state index is 12.7. The summed E-state index contributed by atoms with van der Waals surface area (Å²) in [5, 5.41) is 17.9. The first-order valence-corrected chi connectivity index (χ1v) is 12.4. The van der Waals surface area contributed by atoms with Crippen molar-refractivity contribution in [3.05, 3.63) is 71.3 Å². The number of hydrogen-bond donors (Lipinski definition) is 3. The van der Waals surface area contributed by atoms with E-state index in [4.69, 9.17) is 10.00 Å². The van der Waals surface area contributed by atoms with Crippen molar-refractivity contribution in [1.29, 1.82) is 5.26 Å². The number of amides is 3. The molecule has 0 bridgehead atoms. The van der Waals surface area contributed by atoms with Crippen molar-refractivity contribution in [3.63, 3.8) is 0 Å². The molecular weight excluding hydrogens is 452 g/mol. The number of allylic oxidation sites excluding steroid dienone is 1. The summed E-state index contributed by atoms with van der Waals surface area (Å²) in [6.07, 6.45) is 3.60. The first kappa shape index (κ1) is 26.8. The molecular formula is C29H36N4O3. The summed E-state index contributed by atoms with van der Waals surface area (Å²) in [5.41, 5.74) is 3.31. The number of nitriles is 1. The van der Waals surface area contributed by atoms with Crippen molar-refractivity contribution in [1.82, 2.24) is 10.6 Å². The molecule has 0 heterocycles. The number of urea groups is 1. The van der Waals surface area contributed by atoms with E-state index in [-0.39, 0.29) is 23.8 Å². The Balaban J connectivity index is 1.54. The summed E-state index contributed by atoms with van der Waals surface area (Å²) < 4.78 is 5.18. The van der Waals surface area contributed by atoms with Gasteiger partial charge in [-0.1, -0.05) is 43.7 Å². The van der Waals surface area contributed by atoms with Crippen LogP contribution in [0.5, 0.6) is 5.75 Å². The van der Waals surface area contributed by atoms with E-state index >= 15 is 0 Å². The number of nitrogens with one attached hydrogen (secondary N) is 3. The fourth-order valence-corrected chi connectivity index (χ4v) is 4.80. The summed E-state index contributed by atoms with van der Waals surface area (Å²) in [7, 11) is 1.63. The fraction of sp³-hybridized carbons (Fsp3) is 0.414. The molecule has 0 fully saturated rings. The zero-order valence-electron chi connectivity index (χ0n) is 21.5. The summed E-state index contributed by atoms with van der Waals surface area (Å²) in [4.78, 5) is 25.2. The molecule has 0 aromatic heterocycles. The number of methoxy groups -OCH3 is 1. The standard InChI is InChI=1S/C29H36N4O3/c1-19(2)27-14-23(15-28(34)31-17-21-8-10-26(36-4)11-9-21)20(3)12-24(27)18-32-29(35)33-25-7-5-6-22(13-25)16-30/h5-13,19,23-24,27H,14-15,17-18H2,1-4H3,(H,31,34)(H2,32,33,35)/t23-,24-,27-/m0/s1. The molecule has 7 heteroatoms. The Morgan fingerprint density at radius 2 is 1.89 bits per heavy atom. The number of carbonyl (C=O) groups is 2. The van der Waals surface area contributed by atoms with Gasteiger partial charge in [0, 0.05) is 25.2 Å². The normalized spacial score (nSPS) is 19.1. The Morgan fingerprint density at radius 1 is 1.14 bits per heavy atom. The number of carbonyl (C=O) groups excluding carboxylic acids is 2. The van der Waals surface area contributed by atoms with Gasteiger partial charge in [0.1, 0.15) is 5.75 Å². The van der Waals surface area contributed by atoms with Crippen LogP contribution < -0.4 is 20.7 Å². The number of nitrogens with zero attached hydrogens (tertiary/aromatic N) is 1. The predicted molar refractivity (Wildman–Crippen MR) is 141 cm³/mol. The van der Waals surface area contributed by atoms with Crippen molar-refractivity contribution in [2.45, 2.75) is 40.2 Å². The van der Waals surface area contributed by atoms with Gasteiger partial charge in [0.2, 0.25) is 5.91 Å². The number of anilines is 1. The van der Waals surface area contributed by atoms with Crippen molar-refractivity contribution >= 4 is 17.6 Å². The fourth-order valence-electron chi connectivity index (χ4n) is 4.80. The van der Waals surface area contributed by atoms with E-state index in [9.17, 15) is 9.59 Å². The van der Waals surface area contributed by atoms with Crippen LogP contribution in [0.25, 0.3) is 0 Å². The molecule has 0 aliphatic heterocycles. The van der Waals surface area contributed by atoms with Gasteiger partial charge in [0.05, 0.1) is 18.7 Å². The molecule has 3 rings (SSSR count). The van der Waals surface area contributed by atoms with Gasteiger partial charge in [-0.2, -0.15) is 5.26 Å². The van der Waals surface area contributed by atoms with Gasteiger partial charge in [-0.05, 0) is 72.9 Å². The lowest BCUT2D eigenvalue weighted by Gasteiger charge is -2.37. The van der Waals surface area contributed by atoms with Crippen molar-refractivity contribution in [3.8, 4) is 11.8 Å². The molecule has 2 aromatic rings. The van der Waals surface area contributed by atoms with Crippen LogP contribution in [0.3, 0.4) is 0 Å². The minimum absolute atomic E-state index is 0.0432. The smallest absolute Gasteiger partial charge is 0.319 e. The lowest BCUT2D eigenvalue weighted by atomic mass is 9.70. The van der Waals surface area contributed by atoms with Crippen LogP contribution >= 0.6 is 0 Å². The average Bonchev–Trinajstić information content (AvgIpc) is 2.87. The van der Waals surface area contributed by atoms with Crippen LogP contribution in [-0.2, 0) is 11.3 Å². The van der Waals surface area contributed by atoms with E-state index in [2.05, 4.69) is 48.9 Å². The van der Waals surface area contributed by atoms with Crippen LogP contribution in [0.1, 0.15) is 44.7 Å². The van der Waals surface area contributed by atoms with Crippen LogP contribution in [0.15, 0.2) is 60.2 Å². The van der Waals surface area contributed by atoms with Gasteiger partial charge < -0.3 is 20.7 Å². The summed E-state index contributed by atoms with van der Waals surface area (Å²) in [6.45, 7) is 7.48. The molecule has 1 aliphatic rings. The van der Waals surface area contributed by atoms with Crippen LogP contribution in [0.2, 0.25) is 0 Å². The third-order valence-electron chi connectivity index (χ3n) is 6.91. The minimum Gasteiger partial charge on any atom is -0.497 e. The van der Waals surface area contributed by atoms with Crippen molar-refractivity contribution in [2.24, 2.45) is 23.7 Å². The molecule has 3 N–H and O–H groups in total. The largest absolute Gasteiger partial charge is 0.497 e. The van der Waals surface area contributed by atoms with E-state index in [0.29, 0.717) is 42.6 Å². The lowest BCUT2D eigenvalue weighted by molar-refractivity contribution is -0.122. The van der Waals surface area contributed by atoms with E-state index in [1.165, 1.54) is 5.57 Å². The summed E-state index contributed by atoms with van der Waals surface area (Å²) in [5.74, 6) is 1.99. The topological polar surface area (TPSA) is 103 Å². The maximum atomic E-state index is 12.7. The second-order valence-electron chi connectivity index (χ2n) is 9.77. The van der Waals surface area contributed by atoms with Gasteiger partial charge in [-0.15, -0.1) is 0 Å². The highest BCUT2D eigenvalue weighted by Gasteiger charge is 2.32. The van der Waals surface area contributed by atoms with Crippen LogP contribution in [0, 0.1) is 35.0 Å². The van der Waals surface area contributed by atoms with E-state index in [0.717, 1.165) is 17.7 Å². The molecule has 0 spiro atoms. The Morgan fingerprint density at radius 3 is 2.56 bits per heavy atom. The Kier molecular flexibility index (Phi) is 9.52. The minimum atomic E-state index is -0.293. The highest BCUT2D eigenvalue weighted by Crippen LogP contribution is 2.38. The Hall–Kier alpha value is -3.79. The second kappa shape index (κ2) is 12.8. The van der Waals surface area contributed by atoms with Gasteiger partial charge in [-0.3, -0.25) is 4.79 Å². The molecule has 36 heavy (non-hydrogen) atoms. The molecule has 0 unspecified atom stereocenters. The molecule has 0 saturated carbocycles. The van der Waals surface area contributed by atoms with Gasteiger partial charge in [-0.25, -0.2) is 4.79 Å². The summed E-state index contributed by atoms with van der Waals surface area (Å²) in [6, 6.07) is 16.3. The SMILES string of the molecule is COc1ccc(CNC(=O)C[C@@H]2C[C@@H](C(C)C)[C@H](CNC(=O)Nc3cccc(C#N)c3)C=C2C)cc1. The van der Waals surface area contributed by atoms with Gasteiger partial charge >= 0.3 is 6.03 Å². The molecule has 2 aromatic carbocycles. The monoisotopic (exact) mass is 488 g/mol. The first-order chi connectivity index (χ1) is 17.3. The Bertz CT molecular complexity index is 1120. The highest BCUT2D eigenvalue weighted by atomic mass is 16.5.